The Hall–Kier alpha value is -2.28. The minimum Gasteiger partial charge on any atom is -0.337 e. The van der Waals surface area contributed by atoms with Crippen molar-refractivity contribution in [3.05, 3.63) is 63.4 Å². The maximum absolute atomic E-state index is 9.43. The lowest BCUT2D eigenvalue weighted by atomic mass is 10.1. The molecule has 0 fully saturated rings. The highest BCUT2D eigenvalue weighted by Gasteiger charge is 2.10. The van der Waals surface area contributed by atoms with Crippen LogP contribution in [0.3, 0.4) is 0 Å². The fraction of sp³-hybridized carbons (Fsp3) is 0.0588. The van der Waals surface area contributed by atoms with Gasteiger partial charge < -0.3 is 4.98 Å². The maximum atomic E-state index is 9.43. The molecular formula is C17H11Cl2N3. The number of hydrogen-bond donors (Lipinski definition) is 1. The van der Waals surface area contributed by atoms with E-state index < -0.39 is 0 Å². The number of aromatic nitrogens is 2. The molecular weight excluding hydrogens is 317 g/mol. The summed E-state index contributed by atoms with van der Waals surface area (Å²) in [5.41, 5.74) is 3.93. The molecule has 3 nitrogen and oxygen atoms in total. The van der Waals surface area contributed by atoms with Crippen molar-refractivity contribution in [2.45, 2.75) is 6.92 Å². The first-order chi connectivity index (χ1) is 10.6. The van der Waals surface area contributed by atoms with Crippen LogP contribution < -0.4 is 0 Å². The number of hydrogen-bond acceptors (Lipinski definition) is 2. The number of halogens is 2. The SMILES string of the molecule is Cc1ccc2nc(/C(C#N)=C\c3cccc(Cl)c3Cl)[nH]c2c1. The van der Waals surface area contributed by atoms with Crippen LogP contribution in [0.15, 0.2) is 36.4 Å². The number of fused-ring (bicyclic) bond motifs is 1. The van der Waals surface area contributed by atoms with Crippen molar-refractivity contribution in [3.63, 3.8) is 0 Å². The predicted octanol–water partition coefficient (Wildman–Crippen LogP) is 5.24. The second kappa shape index (κ2) is 5.84. The van der Waals surface area contributed by atoms with Gasteiger partial charge in [-0.15, -0.1) is 0 Å². The molecule has 0 saturated heterocycles. The van der Waals surface area contributed by atoms with Crippen molar-refractivity contribution in [3.8, 4) is 6.07 Å². The summed E-state index contributed by atoms with van der Waals surface area (Å²) in [7, 11) is 0. The largest absolute Gasteiger partial charge is 0.337 e. The summed E-state index contributed by atoms with van der Waals surface area (Å²) in [4.78, 5) is 7.61. The van der Waals surface area contributed by atoms with E-state index in [0.717, 1.165) is 16.6 Å². The van der Waals surface area contributed by atoms with Crippen molar-refractivity contribution in [2.75, 3.05) is 0 Å². The fourth-order valence-electron chi connectivity index (χ4n) is 2.19. The molecule has 0 amide bonds. The van der Waals surface area contributed by atoms with E-state index in [9.17, 15) is 5.26 Å². The third-order valence-electron chi connectivity index (χ3n) is 3.29. The molecule has 2 aromatic carbocycles. The molecule has 3 aromatic rings. The smallest absolute Gasteiger partial charge is 0.149 e. The average molecular weight is 328 g/mol. The van der Waals surface area contributed by atoms with Gasteiger partial charge in [-0.05, 0) is 42.3 Å². The van der Waals surface area contributed by atoms with Gasteiger partial charge in [0.25, 0.3) is 0 Å². The topological polar surface area (TPSA) is 52.5 Å². The molecule has 0 radical (unpaired) electrons. The van der Waals surface area contributed by atoms with Crippen LogP contribution in [-0.4, -0.2) is 9.97 Å². The number of aromatic amines is 1. The maximum Gasteiger partial charge on any atom is 0.149 e. The molecule has 0 saturated carbocycles. The predicted molar refractivity (Wildman–Crippen MR) is 90.8 cm³/mol. The third-order valence-corrected chi connectivity index (χ3v) is 4.13. The number of benzene rings is 2. The molecule has 22 heavy (non-hydrogen) atoms. The van der Waals surface area contributed by atoms with E-state index in [1.54, 1.807) is 24.3 Å². The number of H-pyrrole nitrogens is 1. The minimum atomic E-state index is 0.401. The number of nitrogens with zero attached hydrogens (tertiary/aromatic N) is 2. The van der Waals surface area contributed by atoms with Gasteiger partial charge >= 0.3 is 0 Å². The number of rotatable bonds is 2. The summed E-state index contributed by atoms with van der Waals surface area (Å²) < 4.78 is 0. The van der Waals surface area contributed by atoms with Crippen molar-refractivity contribution in [2.24, 2.45) is 0 Å². The van der Waals surface area contributed by atoms with E-state index >= 15 is 0 Å². The zero-order valence-corrected chi connectivity index (χ0v) is 13.2. The highest BCUT2D eigenvalue weighted by Crippen LogP contribution is 2.29. The van der Waals surface area contributed by atoms with Crippen LogP contribution >= 0.6 is 23.2 Å². The molecule has 108 valence electrons. The van der Waals surface area contributed by atoms with Crippen LogP contribution in [0, 0.1) is 18.3 Å². The first kappa shape index (κ1) is 14.6. The summed E-state index contributed by atoms with van der Waals surface area (Å²) >= 11 is 12.2. The summed E-state index contributed by atoms with van der Waals surface area (Å²) in [5.74, 6) is 0.513. The number of imidazole rings is 1. The van der Waals surface area contributed by atoms with Gasteiger partial charge in [0.1, 0.15) is 11.9 Å². The quantitative estimate of drug-likeness (QED) is 0.654. The van der Waals surface area contributed by atoms with Gasteiger partial charge in [-0.2, -0.15) is 5.26 Å². The monoisotopic (exact) mass is 327 g/mol. The van der Waals surface area contributed by atoms with Crippen LogP contribution in [-0.2, 0) is 0 Å². The lowest BCUT2D eigenvalue weighted by Crippen LogP contribution is -1.86. The molecule has 0 bridgehead atoms. The van der Waals surface area contributed by atoms with Crippen molar-refractivity contribution in [1.29, 1.82) is 5.26 Å². The van der Waals surface area contributed by atoms with Gasteiger partial charge in [0.15, 0.2) is 0 Å². The van der Waals surface area contributed by atoms with E-state index in [4.69, 9.17) is 23.2 Å². The fourth-order valence-corrected chi connectivity index (χ4v) is 2.55. The molecule has 1 heterocycles. The first-order valence-electron chi connectivity index (χ1n) is 6.61. The lowest BCUT2D eigenvalue weighted by Gasteiger charge is -2.01. The normalized spacial score (nSPS) is 11.6. The van der Waals surface area contributed by atoms with E-state index in [2.05, 4.69) is 16.0 Å². The zero-order valence-electron chi connectivity index (χ0n) is 11.7. The van der Waals surface area contributed by atoms with Crippen LogP contribution in [0.5, 0.6) is 0 Å². The summed E-state index contributed by atoms with van der Waals surface area (Å²) in [6, 6.07) is 13.4. The van der Waals surface area contributed by atoms with E-state index in [1.165, 1.54) is 0 Å². The van der Waals surface area contributed by atoms with Crippen molar-refractivity contribution < 1.29 is 0 Å². The highest BCUT2D eigenvalue weighted by molar-refractivity contribution is 6.43. The van der Waals surface area contributed by atoms with Crippen molar-refractivity contribution >= 4 is 45.9 Å². The van der Waals surface area contributed by atoms with Gasteiger partial charge in [0, 0.05) is 0 Å². The summed E-state index contributed by atoms with van der Waals surface area (Å²) in [6.45, 7) is 2.01. The highest BCUT2D eigenvalue weighted by atomic mass is 35.5. The standard InChI is InChI=1S/C17H11Cl2N3/c1-10-5-6-14-15(7-10)22-17(21-14)12(9-20)8-11-3-2-4-13(18)16(11)19/h2-8H,1H3,(H,21,22)/b12-8-. The van der Waals surface area contributed by atoms with Gasteiger partial charge in [-0.1, -0.05) is 41.4 Å². The second-order valence-corrected chi connectivity index (χ2v) is 5.70. The van der Waals surface area contributed by atoms with E-state index in [-0.39, 0.29) is 0 Å². The van der Waals surface area contributed by atoms with E-state index in [1.807, 2.05) is 25.1 Å². The van der Waals surface area contributed by atoms with Crippen LogP contribution in [0.2, 0.25) is 10.0 Å². The van der Waals surface area contributed by atoms with Crippen LogP contribution in [0.1, 0.15) is 17.0 Å². The summed E-state index contributed by atoms with van der Waals surface area (Å²) in [5, 5.41) is 10.3. The molecule has 0 unspecified atom stereocenters. The minimum absolute atomic E-state index is 0.401. The van der Waals surface area contributed by atoms with Gasteiger partial charge in [-0.3, -0.25) is 0 Å². The Balaban J connectivity index is 2.11. The molecule has 0 aliphatic carbocycles. The molecule has 1 aromatic heterocycles. The Morgan fingerprint density at radius 2 is 2.09 bits per heavy atom. The number of nitrogens with one attached hydrogen (secondary N) is 1. The van der Waals surface area contributed by atoms with Crippen LogP contribution in [0.25, 0.3) is 22.7 Å². The van der Waals surface area contributed by atoms with Gasteiger partial charge in [0.2, 0.25) is 0 Å². The average Bonchev–Trinajstić information content (AvgIpc) is 2.91. The molecule has 3 rings (SSSR count). The first-order valence-corrected chi connectivity index (χ1v) is 7.36. The number of aryl methyl sites for hydroxylation is 1. The molecule has 1 N–H and O–H groups in total. The lowest BCUT2D eigenvalue weighted by molar-refractivity contribution is 1.27. The molecule has 5 heteroatoms. The Bertz CT molecular complexity index is 933. The number of nitriles is 1. The molecule has 0 aliphatic rings. The molecule has 0 spiro atoms. The molecule has 0 aliphatic heterocycles. The third kappa shape index (κ3) is 2.71. The van der Waals surface area contributed by atoms with E-state index in [0.29, 0.717) is 27.0 Å². The zero-order chi connectivity index (χ0) is 15.7. The Labute approximate surface area is 137 Å². The molecule has 0 atom stereocenters. The van der Waals surface area contributed by atoms with Gasteiger partial charge in [0.05, 0.1) is 26.7 Å². The van der Waals surface area contributed by atoms with Crippen LogP contribution in [0.4, 0.5) is 0 Å². The van der Waals surface area contributed by atoms with Crippen molar-refractivity contribution in [1.82, 2.24) is 9.97 Å². The summed E-state index contributed by atoms with van der Waals surface area (Å²) in [6.07, 6.45) is 1.68. The number of allylic oxidation sites excluding steroid dienone is 1. The Kier molecular flexibility index (Phi) is 3.89. The Morgan fingerprint density at radius 3 is 2.86 bits per heavy atom. The Morgan fingerprint density at radius 1 is 1.27 bits per heavy atom. The second-order valence-electron chi connectivity index (χ2n) is 4.92. The van der Waals surface area contributed by atoms with Gasteiger partial charge in [-0.25, -0.2) is 4.98 Å².